The highest BCUT2D eigenvalue weighted by atomic mass is 16.5. The molecule has 1 saturated carbocycles. The molecule has 2 heteroatoms. The van der Waals surface area contributed by atoms with Crippen molar-refractivity contribution in [3.8, 4) is 6.07 Å². The van der Waals surface area contributed by atoms with Crippen molar-refractivity contribution in [1.29, 1.82) is 5.26 Å². The summed E-state index contributed by atoms with van der Waals surface area (Å²) >= 11 is 0. The van der Waals surface area contributed by atoms with Crippen LogP contribution in [0.3, 0.4) is 0 Å². The second-order valence-corrected chi connectivity index (χ2v) is 5.86. The first-order valence-electron chi connectivity index (χ1n) is 7.46. The van der Waals surface area contributed by atoms with Crippen molar-refractivity contribution < 1.29 is 4.74 Å². The molecule has 0 unspecified atom stereocenters. The predicted octanol–water partition coefficient (Wildman–Crippen LogP) is 4.08. The van der Waals surface area contributed by atoms with Crippen molar-refractivity contribution in [2.75, 3.05) is 6.61 Å². The number of fused-ring (bicyclic) bond motifs is 1. The largest absolute Gasteiger partial charge is 0.377 e. The van der Waals surface area contributed by atoms with Gasteiger partial charge in [0.15, 0.2) is 0 Å². The van der Waals surface area contributed by atoms with Gasteiger partial charge in [0.25, 0.3) is 0 Å². The maximum atomic E-state index is 9.14. The summed E-state index contributed by atoms with van der Waals surface area (Å²) in [5.74, 6) is 1.07. The summed E-state index contributed by atoms with van der Waals surface area (Å²) in [6.45, 7) is 7.20. The molecule has 18 heavy (non-hydrogen) atoms. The average molecular weight is 247 g/mol. The molecular formula is C16H25NO. The van der Waals surface area contributed by atoms with E-state index in [1.165, 1.54) is 37.7 Å². The van der Waals surface area contributed by atoms with Gasteiger partial charge < -0.3 is 4.74 Å². The van der Waals surface area contributed by atoms with Crippen LogP contribution in [0.4, 0.5) is 0 Å². The molecule has 1 aliphatic carbocycles. The summed E-state index contributed by atoms with van der Waals surface area (Å²) < 4.78 is 5.92. The van der Waals surface area contributed by atoms with Gasteiger partial charge >= 0.3 is 0 Å². The number of nitriles is 1. The van der Waals surface area contributed by atoms with Crippen molar-refractivity contribution in [2.45, 2.75) is 58.0 Å². The molecule has 0 radical (unpaired) electrons. The Morgan fingerprint density at radius 2 is 2.11 bits per heavy atom. The van der Waals surface area contributed by atoms with Gasteiger partial charge in [-0.25, -0.2) is 0 Å². The molecule has 1 saturated heterocycles. The third kappa shape index (κ3) is 2.78. The Labute approximate surface area is 111 Å². The standard InChI is InChI=1S/C16H25NO/c1-3-4-5-6-7-8-15-16-12(2)9-13(10-17)14(16)11-18-15/h13-16H,2-9,11H2,1H3/t13-,14-,15+,16+/m1/s1. The SMILES string of the molecule is C=C1C[C@H](C#N)[C@H]2CO[C@@H](CCCCCCC)[C@@H]12. The van der Waals surface area contributed by atoms with Crippen LogP contribution in [0.15, 0.2) is 12.2 Å². The fourth-order valence-electron chi connectivity index (χ4n) is 3.57. The molecule has 2 rings (SSSR count). The smallest absolute Gasteiger partial charge is 0.0663 e. The molecule has 0 aromatic carbocycles. The van der Waals surface area contributed by atoms with E-state index < -0.39 is 0 Å². The van der Waals surface area contributed by atoms with E-state index in [1.54, 1.807) is 0 Å². The summed E-state index contributed by atoms with van der Waals surface area (Å²) in [4.78, 5) is 0. The zero-order valence-electron chi connectivity index (χ0n) is 11.5. The zero-order chi connectivity index (χ0) is 13.0. The van der Waals surface area contributed by atoms with Gasteiger partial charge in [0, 0.05) is 11.8 Å². The first kappa shape index (κ1) is 13.6. The fraction of sp³-hybridized carbons (Fsp3) is 0.812. The first-order valence-corrected chi connectivity index (χ1v) is 7.46. The van der Waals surface area contributed by atoms with Crippen LogP contribution in [-0.2, 0) is 4.74 Å². The van der Waals surface area contributed by atoms with E-state index in [2.05, 4.69) is 19.6 Å². The van der Waals surface area contributed by atoms with Crippen LogP contribution in [0, 0.1) is 29.1 Å². The lowest BCUT2D eigenvalue weighted by atomic mass is 9.87. The van der Waals surface area contributed by atoms with Gasteiger partial charge in [0.2, 0.25) is 0 Å². The Kier molecular flexibility index (Phi) is 4.83. The summed E-state index contributed by atoms with van der Waals surface area (Å²) in [5.41, 5.74) is 1.27. The topological polar surface area (TPSA) is 33.0 Å². The lowest BCUT2D eigenvalue weighted by Crippen LogP contribution is -2.18. The Hall–Kier alpha value is -0.810. The molecule has 4 atom stereocenters. The first-order chi connectivity index (χ1) is 8.77. The lowest BCUT2D eigenvalue weighted by Gasteiger charge is -2.18. The third-order valence-corrected chi connectivity index (χ3v) is 4.59. The Balaban J connectivity index is 1.78. The second-order valence-electron chi connectivity index (χ2n) is 5.86. The normalized spacial score (nSPS) is 34.6. The van der Waals surface area contributed by atoms with Crippen molar-refractivity contribution in [1.82, 2.24) is 0 Å². The van der Waals surface area contributed by atoms with Gasteiger partial charge in [0.05, 0.1) is 24.7 Å². The number of unbranched alkanes of at least 4 members (excludes halogenated alkanes) is 4. The minimum Gasteiger partial charge on any atom is -0.377 e. The molecule has 0 aromatic rings. The van der Waals surface area contributed by atoms with Crippen molar-refractivity contribution in [3.05, 3.63) is 12.2 Å². The molecule has 0 N–H and O–H groups in total. The Morgan fingerprint density at radius 3 is 2.83 bits per heavy atom. The highest BCUT2D eigenvalue weighted by Crippen LogP contribution is 2.48. The Morgan fingerprint density at radius 1 is 1.33 bits per heavy atom. The van der Waals surface area contributed by atoms with E-state index in [4.69, 9.17) is 10.00 Å². The number of ether oxygens (including phenoxy) is 1. The summed E-state index contributed by atoms with van der Waals surface area (Å²) in [7, 11) is 0. The molecule has 0 spiro atoms. The van der Waals surface area contributed by atoms with Gasteiger partial charge in [-0.1, -0.05) is 51.2 Å². The molecule has 2 aliphatic rings. The van der Waals surface area contributed by atoms with Crippen LogP contribution >= 0.6 is 0 Å². The molecule has 1 aliphatic heterocycles. The third-order valence-electron chi connectivity index (χ3n) is 4.59. The maximum Gasteiger partial charge on any atom is 0.0663 e. The Bertz CT molecular complexity index is 330. The molecule has 2 fully saturated rings. The van der Waals surface area contributed by atoms with E-state index in [-0.39, 0.29) is 5.92 Å². The zero-order valence-corrected chi connectivity index (χ0v) is 11.5. The van der Waals surface area contributed by atoms with E-state index in [9.17, 15) is 0 Å². The van der Waals surface area contributed by atoms with Crippen LogP contribution in [0.1, 0.15) is 51.9 Å². The monoisotopic (exact) mass is 247 g/mol. The molecule has 0 bridgehead atoms. The highest BCUT2D eigenvalue weighted by Gasteiger charge is 2.47. The molecule has 1 heterocycles. The highest BCUT2D eigenvalue weighted by molar-refractivity contribution is 5.20. The van der Waals surface area contributed by atoms with Crippen molar-refractivity contribution >= 4 is 0 Å². The fourth-order valence-corrected chi connectivity index (χ4v) is 3.57. The van der Waals surface area contributed by atoms with Crippen LogP contribution < -0.4 is 0 Å². The summed E-state index contributed by atoms with van der Waals surface area (Å²) in [6.07, 6.45) is 8.98. The minimum absolute atomic E-state index is 0.160. The second kappa shape index (κ2) is 6.38. The summed E-state index contributed by atoms with van der Waals surface area (Å²) in [6, 6.07) is 2.43. The molecule has 2 nitrogen and oxygen atoms in total. The maximum absolute atomic E-state index is 9.14. The van der Waals surface area contributed by atoms with Crippen molar-refractivity contribution in [2.24, 2.45) is 17.8 Å². The average Bonchev–Trinajstić information content (AvgIpc) is 2.91. The van der Waals surface area contributed by atoms with E-state index >= 15 is 0 Å². The number of rotatable bonds is 6. The van der Waals surface area contributed by atoms with Crippen LogP contribution in [0.25, 0.3) is 0 Å². The van der Waals surface area contributed by atoms with Crippen LogP contribution in [0.2, 0.25) is 0 Å². The van der Waals surface area contributed by atoms with Gasteiger partial charge in [-0.05, 0) is 12.8 Å². The minimum atomic E-state index is 0.160. The molecule has 0 aromatic heterocycles. The lowest BCUT2D eigenvalue weighted by molar-refractivity contribution is 0.0829. The van der Waals surface area contributed by atoms with Gasteiger partial charge in [0.1, 0.15) is 0 Å². The number of hydrogen-bond donors (Lipinski definition) is 0. The van der Waals surface area contributed by atoms with Crippen LogP contribution in [-0.4, -0.2) is 12.7 Å². The quantitative estimate of drug-likeness (QED) is 0.523. The van der Waals surface area contributed by atoms with Gasteiger partial charge in [-0.3, -0.25) is 0 Å². The van der Waals surface area contributed by atoms with Crippen molar-refractivity contribution in [3.63, 3.8) is 0 Å². The predicted molar refractivity (Wildman–Crippen MR) is 73.0 cm³/mol. The van der Waals surface area contributed by atoms with E-state index in [0.717, 1.165) is 19.4 Å². The number of nitrogens with zero attached hydrogens (tertiary/aromatic N) is 1. The summed E-state index contributed by atoms with van der Waals surface area (Å²) in [5, 5.41) is 9.14. The van der Waals surface area contributed by atoms with E-state index in [0.29, 0.717) is 17.9 Å². The van der Waals surface area contributed by atoms with Gasteiger partial charge in [-0.2, -0.15) is 5.26 Å². The molecule has 0 amide bonds. The van der Waals surface area contributed by atoms with E-state index in [1.807, 2.05) is 0 Å². The molecule has 100 valence electrons. The van der Waals surface area contributed by atoms with Crippen LogP contribution in [0.5, 0.6) is 0 Å². The van der Waals surface area contributed by atoms with Gasteiger partial charge in [-0.15, -0.1) is 0 Å². The number of hydrogen-bond acceptors (Lipinski definition) is 2. The molecular weight excluding hydrogens is 222 g/mol.